The van der Waals surface area contributed by atoms with Gasteiger partial charge in [0.1, 0.15) is 0 Å². The Morgan fingerprint density at radius 3 is 2.28 bits per heavy atom. The van der Waals surface area contributed by atoms with E-state index in [1.807, 2.05) is 0 Å². The van der Waals surface area contributed by atoms with Crippen LogP contribution in [0.25, 0.3) is 0 Å². The monoisotopic (exact) mass is 378 g/mol. The standard InChI is InChI=1S/C18H19ClN2O3S/c19-16-7-3-4-8-17(16)20-18(22)13-9-11-15(12-10-13)25(23,24)21-14-5-1-2-6-14/h3-4,7-12,14,21H,1-2,5-6H2,(H,20,22). The predicted octanol–water partition coefficient (Wildman–Crippen LogP) is 3.81. The molecule has 25 heavy (non-hydrogen) atoms. The third-order valence-corrected chi connectivity index (χ3v) is 6.09. The number of hydrogen-bond acceptors (Lipinski definition) is 3. The van der Waals surface area contributed by atoms with Crippen LogP contribution in [0.1, 0.15) is 36.0 Å². The molecule has 2 N–H and O–H groups in total. The Labute approximate surface area is 152 Å². The molecule has 5 nitrogen and oxygen atoms in total. The van der Waals surface area contributed by atoms with E-state index in [0.29, 0.717) is 16.3 Å². The van der Waals surface area contributed by atoms with Crippen molar-refractivity contribution in [3.8, 4) is 0 Å². The van der Waals surface area contributed by atoms with Crippen LogP contribution in [0.5, 0.6) is 0 Å². The van der Waals surface area contributed by atoms with Gasteiger partial charge in [-0.15, -0.1) is 0 Å². The topological polar surface area (TPSA) is 75.3 Å². The fourth-order valence-corrected chi connectivity index (χ4v) is 4.36. The van der Waals surface area contributed by atoms with Gasteiger partial charge in [0.05, 0.1) is 15.6 Å². The largest absolute Gasteiger partial charge is 0.321 e. The number of para-hydroxylation sites is 1. The summed E-state index contributed by atoms with van der Waals surface area (Å²) < 4.78 is 27.5. The minimum absolute atomic E-state index is 0.00759. The molecule has 0 radical (unpaired) electrons. The van der Waals surface area contributed by atoms with Crippen molar-refractivity contribution in [3.63, 3.8) is 0 Å². The van der Waals surface area contributed by atoms with Crippen molar-refractivity contribution >= 4 is 33.2 Å². The lowest BCUT2D eigenvalue weighted by Crippen LogP contribution is -2.32. The van der Waals surface area contributed by atoms with Crippen molar-refractivity contribution < 1.29 is 13.2 Å². The molecule has 1 saturated carbocycles. The zero-order valence-electron chi connectivity index (χ0n) is 13.5. The third-order valence-electron chi connectivity index (χ3n) is 4.23. The molecule has 0 spiro atoms. The van der Waals surface area contributed by atoms with Crippen molar-refractivity contribution in [1.29, 1.82) is 0 Å². The van der Waals surface area contributed by atoms with E-state index in [-0.39, 0.29) is 16.8 Å². The number of carbonyl (C=O) groups is 1. The smallest absolute Gasteiger partial charge is 0.255 e. The van der Waals surface area contributed by atoms with Gasteiger partial charge in [-0.2, -0.15) is 0 Å². The van der Waals surface area contributed by atoms with Crippen LogP contribution < -0.4 is 10.0 Å². The van der Waals surface area contributed by atoms with E-state index in [1.54, 1.807) is 24.3 Å². The summed E-state index contributed by atoms with van der Waals surface area (Å²) in [7, 11) is -3.55. The third kappa shape index (κ3) is 4.39. The average Bonchev–Trinajstić information content (AvgIpc) is 3.09. The van der Waals surface area contributed by atoms with Crippen LogP contribution in [0.2, 0.25) is 5.02 Å². The summed E-state index contributed by atoms with van der Waals surface area (Å²) in [5.41, 5.74) is 0.869. The van der Waals surface area contributed by atoms with Crippen molar-refractivity contribution in [2.24, 2.45) is 0 Å². The normalized spacial score (nSPS) is 15.2. The molecule has 0 unspecified atom stereocenters. The fourth-order valence-electron chi connectivity index (χ4n) is 2.87. The highest BCUT2D eigenvalue weighted by Gasteiger charge is 2.23. The Bertz CT molecular complexity index is 860. The summed E-state index contributed by atoms with van der Waals surface area (Å²) in [5.74, 6) is -0.346. The molecule has 1 aliphatic carbocycles. The summed E-state index contributed by atoms with van der Waals surface area (Å²) in [6.45, 7) is 0. The molecule has 0 heterocycles. The lowest BCUT2D eigenvalue weighted by molar-refractivity contribution is 0.102. The molecule has 1 fully saturated rings. The number of carbonyl (C=O) groups excluding carboxylic acids is 1. The predicted molar refractivity (Wildman–Crippen MR) is 98.4 cm³/mol. The molecule has 7 heteroatoms. The first-order chi connectivity index (χ1) is 12.0. The van der Waals surface area contributed by atoms with E-state index in [9.17, 15) is 13.2 Å². The second-order valence-electron chi connectivity index (χ2n) is 6.06. The lowest BCUT2D eigenvalue weighted by atomic mass is 10.2. The Hall–Kier alpha value is -1.89. The van der Waals surface area contributed by atoms with Gasteiger partial charge in [-0.1, -0.05) is 36.6 Å². The summed E-state index contributed by atoms with van der Waals surface area (Å²) >= 11 is 6.02. The minimum atomic E-state index is -3.55. The van der Waals surface area contributed by atoms with Crippen molar-refractivity contribution in [1.82, 2.24) is 4.72 Å². The quantitative estimate of drug-likeness (QED) is 0.830. The van der Waals surface area contributed by atoms with Gasteiger partial charge in [-0.3, -0.25) is 4.79 Å². The van der Waals surface area contributed by atoms with Gasteiger partial charge in [0.15, 0.2) is 0 Å². The molecule has 0 atom stereocenters. The van der Waals surface area contributed by atoms with Gasteiger partial charge in [0.25, 0.3) is 5.91 Å². The molecule has 2 aromatic carbocycles. The number of benzene rings is 2. The zero-order valence-corrected chi connectivity index (χ0v) is 15.1. The van der Waals surface area contributed by atoms with Crippen LogP contribution in [0.15, 0.2) is 53.4 Å². The van der Waals surface area contributed by atoms with Gasteiger partial charge in [-0.25, -0.2) is 13.1 Å². The molecule has 1 aliphatic rings. The van der Waals surface area contributed by atoms with E-state index < -0.39 is 10.0 Å². The van der Waals surface area contributed by atoms with Gasteiger partial charge in [0, 0.05) is 11.6 Å². The molecule has 0 saturated heterocycles. The van der Waals surface area contributed by atoms with Crippen LogP contribution in [0.4, 0.5) is 5.69 Å². The van der Waals surface area contributed by atoms with Crippen LogP contribution in [-0.4, -0.2) is 20.4 Å². The summed E-state index contributed by atoms with van der Waals surface area (Å²) in [6, 6.07) is 12.8. The molecule has 0 bridgehead atoms. The van der Waals surface area contributed by atoms with Crippen molar-refractivity contribution in [2.45, 2.75) is 36.6 Å². The SMILES string of the molecule is O=C(Nc1ccccc1Cl)c1ccc(S(=O)(=O)NC2CCCC2)cc1. The number of anilines is 1. The highest BCUT2D eigenvalue weighted by atomic mass is 35.5. The van der Waals surface area contributed by atoms with E-state index in [0.717, 1.165) is 25.7 Å². The second kappa shape index (κ2) is 7.56. The van der Waals surface area contributed by atoms with Crippen LogP contribution in [0.3, 0.4) is 0 Å². The maximum atomic E-state index is 12.4. The number of amides is 1. The molecular formula is C18H19ClN2O3S. The van der Waals surface area contributed by atoms with Crippen LogP contribution in [-0.2, 0) is 10.0 Å². The first-order valence-electron chi connectivity index (χ1n) is 8.14. The number of hydrogen-bond donors (Lipinski definition) is 2. The highest BCUT2D eigenvalue weighted by molar-refractivity contribution is 7.89. The van der Waals surface area contributed by atoms with Crippen LogP contribution >= 0.6 is 11.6 Å². The number of sulfonamides is 1. The van der Waals surface area contributed by atoms with Gasteiger partial charge >= 0.3 is 0 Å². The van der Waals surface area contributed by atoms with E-state index in [4.69, 9.17) is 11.6 Å². The van der Waals surface area contributed by atoms with Gasteiger partial charge in [-0.05, 0) is 49.2 Å². The maximum Gasteiger partial charge on any atom is 0.255 e. The Kier molecular flexibility index (Phi) is 5.42. The lowest BCUT2D eigenvalue weighted by Gasteiger charge is -2.13. The molecule has 1 amide bonds. The van der Waals surface area contributed by atoms with E-state index in [2.05, 4.69) is 10.0 Å². The van der Waals surface area contributed by atoms with Crippen LogP contribution in [0, 0.1) is 0 Å². The van der Waals surface area contributed by atoms with Crippen molar-refractivity contribution in [3.05, 3.63) is 59.1 Å². The fraction of sp³-hybridized carbons (Fsp3) is 0.278. The van der Waals surface area contributed by atoms with E-state index in [1.165, 1.54) is 24.3 Å². The Morgan fingerprint density at radius 2 is 1.64 bits per heavy atom. The number of rotatable bonds is 5. The first-order valence-corrected chi connectivity index (χ1v) is 10.00. The summed E-state index contributed by atoms with van der Waals surface area (Å²) in [5, 5.41) is 3.15. The number of nitrogens with one attached hydrogen (secondary N) is 2. The minimum Gasteiger partial charge on any atom is -0.321 e. The molecule has 132 valence electrons. The highest BCUT2D eigenvalue weighted by Crippen LogP contribution is 2.22. The molecular weight excluding hydrogens is 360 g/mol. The maximum absolute atomic E-state index is 12.4. The molecule has 2 aromatic rings. The average molecular weight is 379 g/mol. The molecule has 0 aromatic heterocycles. The summed E-state index contributed by atoms with van der Waals surface area (Å²) in [4.78, 5) is 12.4. The first kappa shape index (κ1) is 17.9. The van der Waals surface area contributed by atoms with E-state index >= 15 is 0 Å². The molecule has 0 aliphatic heterocycles. The Balaban J connectivity index is 1.71. The zero-order chi connectivity index (χ0) is 17.9. The molecule has 3 rings (SSSR count). The second-order valence-corrected chi connectivity index (χ2v) is 8.18. The Morgan fingerprint density at radius 1 is 1.00 bits per heavy atom. The van der Waals surface area contributed by atoms with Crippen molar-refractivity contribution in [2.75, 3.05) is 5.32 Å². The number of halogens is 1. The summed E-state index contributed by atoms with van der Waals surface area (Å²) in [6.07, 6.45) is 3.85. The van der Waals surface area contributed by atoms with Gasteiger partial charge < -0.3 is 5.32 Å². The van der Waals surface area contributed by atoms with Gasteiger partial charge in [0.2, 0.25) is 10.0 Å².